The largest absolute Gasteiger partial charge is 0.328 e. The normalized spacial score (nSPS) is 26.7. The fourth-order valence-corrected chi connectivity index (χ4v) is 4.43. The summed E-state index contributed by atoms with van der Waals surface area (Å²) in [5.74, 6) is 0. The van der Waals surface area contributed by atoms with Gasteiger partial charge >= 0.3 is 0 Å². The number of imidazole rings is 1. The molecule has 0 amide bonds. The van der Waals surface area contributed by atoms with Crippen LogP contribution in [0.2, 0.25) is 0 Å². The summed E-state index contributed by atoms with van der Waals surface area (Å²) in [6, 6.07) is 1.18. The zero-order chi connectivity index (χ0) is 13.9. The lowest BCUT2D eigenvalue weighted by molar-refractivity contribution is 0.290. The molecule has 4 heterocycles. The van der Waals surface area contributed by atoms with E-state index in [4.69, 9.17) is 12.2 Å². The molecule has 2 aromatic heterocycles. The molecule has 5 nitrogen and oxygen atoms in total. The summed E-state index contributed by atoms with van der Waals surface area (Å²) in [5.41, 5.74) is 3.36. The number of nitrogens with zero attached hydrogens (tertiary/aromatic N) is 4. The number of H-pyrrole nitrogens is 1. The van der Waals surface area contributed by atoms with Gasteiger partial charge in [0.25, 0.3) is 0 Å². The summed E-state index contributed by atoms with van der Waals surface area (Å²) in [6.45, 7) is 7.55. The number of aryl methyl sites for hydroxylation is 2. The third-order valence-corrected chi connectivity index (χ3v) is 5.28. The van der Waals surface area contributed by atoms with Crippen molar-refractivity contribution in [1.29, 1.82) is 0 Å². The Labute approximate surface area is 123 Å². The van der Waals surface area contributed by atoms with E-state index in [0.717, 1.165) is 22.5 Å². The molecule has 2 aliphatic rings. The Morgan fingerprint density at radius 1 is 1.30 bits per heavy atom. The minimum atomic E-state index is 0.514. The van der Waals surface area contributed by atoms with Gasteiger partial charge in [0.2, 0.25) is 0 Å². The minimum absolute atomic E-state index is 0.514. The predicted octanol–water partition coefficient (Wildman–Crippen LogP) is 2.63. The summed E-state index contributed by atoms with van der Waals surface area (Å²) in [4.78, 5) is 6.01. The first-order chi connectivity index (χ1) is 9.70. The van der Waals surface area contributed by atoms with Crippen molar-refractivity contribution in [2.45, 2.75) is 51.7 Å². The van der Waals surface area contributed by atoms with E-state index < -0.39 is 0 Å². The van der Waals surface area contributed by atoms with Crippen LogP contribution in [0.15, 0.2) is 0 Å². The van der Waals surface area contributed by atoms with E-state index >= 15 is 0 Å². The lowest BCUT2D eigenvalue weighted by Crippen LogP contribution is -2.28. The minimum Gasteiger partial charge on any atom is -0.328 e. The van der Waals surface area contributed by atoms with Crippen LogP contribution in [0, 0.1) is 11.7 Å². The van der Waals surface area contributed by atoms with Crippen molar-refractivity contribution >= 4 is 23.4 Å². The van der Waals surface area contributed by atoms with E-state index in [9.17, 15) is 0 Å². The van der Waals surface area contributed by atoms with E-state index in [1.165, 1.54) is 38.0 Å². The van der Waals surface area contributed by atoms with Crippen LogP contribution in [0.25, 0.3) is 11.2 Å². The molecule has 0 radical (unpaired) electrons. The molecule has 0 aliphatic carbocycles. The molecule has 20 heavy (non-hydrogen) atoms. The summed E-state index contributed by atoms with van der Waals surface area (Å²) < 4.78 is 5.31. The number of hydrogen-bond donors (Lipinski definition) is 1. The molecular weight excluding hydrogens is 270 g/mol. The van der Waals surface area contributed by atoms with E-state index in [2.05, 4.69) is 38.1 Å². The molecule has 2 aromatic rings. The van der Waals surface area contributed by atoms with Gasteiger partial charge < -0.3 is 4.98 Å². The average molecular weight is 291 g/mol. The van der Waals surface area contributed by atoms with Gasteiger partial charge in [-0.05, 0) is 51.9 Å². The van der Waals surface area contributed by atoms with E-state index in [0.29, 0.717) is 12.1 Å². The van der Waals surface area contributed by atoms with E-state index in [1.807, 2.05) is 0 Å². The van der Waals surface area contributed by atoms with Crippen LogP contribution < -0.4 is 0 Å². The molecule has 0 bridgehead atoms. The van der Waals surface area contributed by atoms with Crippen LogP contribution in [0.4, 0.5) is 0 Å². The third-order valence-electron chi connectivity index (χ3n) is 4.98. The number of rotatable bonds is 2. The smallest absolute Gasteiger partial charge is 0.179 e. The van der Waals surface area contributed by atoms with Crippen molar-refractivity contribution < 1.29 is 0 Å². The van der Waals surface area contributed by atoms with E-state index in [1.54, 1.807) is 0 Å². The highest BCUT2D eigenvalue weighted by molar-refractivity contribution is 7.71. The molecule has 0 spiro atoms. The molecule has 2 saturated heterocycles. The van der Waals surface area contributed by atoms with Crippen molar-refractivity contribution in [3.8, 4) is 0 Å². The molecule has 0 saturated carbocycles. The Morgan fingerprint density at radius 2 is 2.15 bits per heavy atom. The SMILES string of the molecule is CCn1nc(C)c2[nH]c(=S)n(C3CCN4CCCC34)c21. The Bertz CT molecular complexity index is 709. The average Bonchev–Trinajstić information content (AvgIpc) is 3.13. The fourth-order valence-electron chi connectivity index (χ4n) is 4.11. The zero-order valence-corrected chi connectivity index (χ0v) is 12.9. The molecule has 6 heteroatoms. The number of nitrogens with one attached hydrogen (secondary N) is 1. The topological polar surface area (TPSA) is 41.8 Å². The number of fused-ring (bicyclic) bond motifs is 2. The maximum Gasteiger partial charge on any atom is 0.179 e. The number of aromatic amines is 1. The Hall–Kier alpha value is -1.14. The maximum atomic E-state index is 5.62. The van der Waals surface area contributed by atoms with Crippen LogP contribution in [0.1, 0.15) is 37.9 Å². The van der Waals surface area contributed by atoms with Crippen molar-refractivity contribution in [1.82, 2.24) is 24.2 Å². The first kappa shape index (κ1) is 12.6. The van der Waals surface area contributed by atoms with E-state index in [-0.39, 0.29) is 0 Å². The maximum absolute atomic E-state index is 5.62. The molecule has 2 aliphatic heterocycles. The number of aromatic nitrogens is 4. The summed E-state index contributed by atoms with van der Waals surface area (Å²) >= 11 is 5.62. The van der Waals surface area contributed by atoms with Crippen LogP contribution in [-0.4, -0.2) is 43.4 Å². The van der Waals surface area contributed by atoms with Gasteiger partial charge in [0, 0.05) is 19.1 Å². The van der Waals surface area contributed by atoms with Gasteiger partial charge in [-0.15, -0.1) is 0 Å². The first-order valence-corrected chi connectivity index (χ1v) is 8.03. The second kappa shape index (κ2) is 4.43. The van der Waals surface area contributed by atoms with Crippen LogP contribution >= 0.6 is 12.2 Å². The monoisotopic (exact) mass is 291 g/mol. The van der Waals surface area contributed by atoms with Crippen molar-refractivity contribution in [3.63, 3.8) is 0 Å². The molecule has 2 fully saturated rings. The molecular formula is C14H21N5S. The second-order valence-corrected chi connectivity index (χ2v) is 6.39. The van der Waals surface area contributed by atoms with Crippen LogP contribution in [0.3, 0.4) is 0 Å². The van der Waals surface area contributed by atoms with Gasteiger partial charge in [0.05, 0.1) is 11.7 Å². The predicted molar refractivity (Wildman–Crippen MR) is 81.6 cm³/mol. The van der Waals surface area contributed by atoms with Crippen LogP contribution in [0.5, 0.6) is 0 Å². The van der Waals surface area contributed by atoms with Gasteiger partial charge in [-0.1, -0.05) is 0 Å². The Balaban J connectivity index is 1.91. The second-order valence-electron chi connectivity index (χ2n) is 6.00. The number of hydrogen-bond acceptors (Lipinski definition) is 3. The molecule has 4 rings (SSSR count). The summed E-state index contributed by atoms with van der Waals surface area (Å²) in [7, 11) is 0. The van der Waals surface area contributed by atoms with Gasteiger partial charge in [-0.2, -0.15) is 5.10 Å². The first-order valence-electron chi connectivity index (χ1n) is 7.62. The fraction of sp³-hybridized carbons (Fsp3) is 0.714. The highest BCUT2D eigenvalue weighted by Gasteiger charge is 2.39. The highest BCUT2D eigenvalue weighted by Crippen LogP contribution is 2.38. The molecule has 2 unspecified atom stereocenters. The molecule has 1 N–H and O–H groups in total. The lowest BCUT2D eigenvalue weighted by atomic mass is 10.1. The standard InChI is InChI=1S/C14H21N5S/c1-3-18-13-12(9(2)16-18)15-14(20)19(13)11-6-8-17-7-4-5-10(11)17/h10-11H,3-8H2,1-2H3,(H,15,20). The Kier molecular flexibility index (Phi) is 2.79. The van der Waals surface area contributed by atoms with Crippen LogP contribution in [-0.2, 0) is 6.54 Å². The van der Waals surface area contributed by atoms with Crippen molar-refractivity contribution in [3.05, 3.63) is 10.5 Å². The van der Waals surface area contributed by atoms with Gasteiger partial charge in [-0.25, -0.2) is 4.68 Å². The quantitative estimate of drug-likeness (QED) is 0.865. The van der Waals surface area contributed by atoms with Gasteiger partial charge in [0.1, 0.15) is 5.52 Å². The van der Waals surface area contributed by atoms with Gasteiger partial charge in [-0.3, -0.25) is 9.47 Å². The lowest BCUT2D eigenvalue weighted by Gasteiger charge is -2.22. The highest BCUT2D eigenvalue weighted by atomic mass is 32.1. The summed E-state index contributed by atoms with van der Waals surface area (Å²) in [6.07, 6.45) is 3.84. The molecule has 2 atom stereocenters. The zero-order valence-electron chi connectivity index (χ0n) is 12.1. The Morgan fingerprint density at radius 3 is 2.95 bits per heavy atom. The third kappa shape index (κ3) is 1.58. The van der Waals surface area contributed by atoms with Crippen molar-refractivity contribution in [2.24, 2.45) is 0 Å². The van der Waals surface area contributed by atoms with Crippen molar-refractivity contribution in [2.75, 3.05) is 13.1 Å². The molecule has 0 aromatic carbocycles. The summed E-state index contributed by atoms with van der Waals surface area (Å²) in [5, 5.41) is 4.63. The molecule has 108 valence electrons. The van der Waals surface area contributed by atoms with Gasteiger partial charge in [0.15, 0.2) is 10.4 Å².